The lowest BCUT2D eigenvalue weighted by molar-refractivity contribution is -0.143. The highest BCUT2D eigenvalue weighted by molar-refractivity contribution is 5.76. The minimum absolute atomic E-state index is 0.173. The molecule has 104 valence electrons. The van der Waals surface area contributed by atoms with Crippen LogP contribution in [0.4, 0.5) is 4.79 Å². The van der Waals surface area contributed by atoms with Crippen molar-refractivity contribution in [3.05, 3.63) is 35.9 Å². The molecule has 1 atom stereocenters. The Bertz CT molecular complexity index is 406. The molecule has 5 nitrogen and oxygen atoms in total. The van der Waals surface area contributed by atoms with Crippen molar-refractivity contribution in [2.24, 2.45) is 0 Å². The summed E-state index contributed by atoms with van der Waals surface area (Å²) < 4.78 is 4.81. The third kappa shape index (κ3) is 6.45. The highest BCUT2D eigenvalue weighted by Crippen LogP contribution is 1.98. The largest absolute Gasteiger partial charge is 0.466 e. The van der Waals surface area contributed by atoms with E-state index in [2.05, 4.69) is 10.6 Å². The number of hydrogen-bond donors (Lipinski definition) is 2. The lowest BCUT2D eigenvalue weighted by atomic mass is 10.2. The first-order valence-electron chi connectivity index (χ1n) is 6.35. The Morgan fingerprint density at radius 3 is 2.58 bits per heavy atom. The number of nitrogens with one attached hydrogen (secondary N) is 2. The number of rotatable bonds is 6. The molecule has 1 unspecified atom stereocenters. The second-order valence-corrected chi connectivity index (χ2v) is 4.22. The van der Waals surface area contributed by atoms with Crippen LogP contribution in [0.15, 0.2) is 30.3 Å². The highest BCUT2D eigenvalue weighted by atomic mass is 16.5. The molecule has 0 aliphatic heterocycles. The Hall–Kier alpha value is -2.04. The van der Waals surface area contributed by atoms with E-state index in [4.69, 9.17) is 4.74 Å². The number of carbonyl (C=O) groups is 2. The van der Waals surface area contributed by atoms with Crippen LogP contribution in [0, 0.1) is 0 Å². The first-order chi connectivity index (χ1) is 9.11. The van der Waals surface area contributed by atoms with Crippen molar-refractivity contribution in [2.75, 3.05) is 6.61 Å². The van der Waals surface area contributed by atoms with Gasteiger partial charge in [0.05, 0.1) is 13.0 Å². The van der Waals surface area contributed by atoms with Crippen LogP contribution in [0.1, 0.15) is 25.8 Å². The quantitative estimate of drug-likeness (QED) is 0.770. The predicted octanol–water partition coefficient (Wildman–Crippen LogP) is 1.83. The molecule has 19 heavy (non-hydrogen) atoms. The van der Waals surface area contributed by atoms with Crippen LogP contribution in [-0.2, 0) is 16.1 Å². The van der Waals surface area contributed by atoms with Gasteiger partial charge in [0.1, 0.15) is 0 Å². The average molecular weight is 264 g/mol. The summed E-state index contributed by atoms with van der Waals surface area (Å²) in [5, 5.41) is 5.42. The molecular weight excluding hydrogens is 244 g/mol. The Kier molecular flexibility index (Phi) is 6.43. The van der Waals surface area contributed by atoms with Crippen molar-refractivity contribution in [1.82, 2.24) is 10.6 Å². The maximum atomic E-state index is 11.6. The molecule has 1 aromatic rings. The number of carbonyl (C=O) groups excluding carboxylic acids is 2. The molecule has 0 spiro atoms. The monoisotopic (exact) mass is 264 g/mol. The van der Waals surface area contributed by atoms with Gasteiger partial charge in [0.15, 0.2) is 0 Å². The van der Waals surface area contributed by atoms with E-state index >= 15 is 0 Å². The van der Waals surface area contributed by atoms with Crippen molar-refractivity contribution in [3.63, 3.8) is 0 Å². The van der Waals surface area contributed by atoms with E-state index in [0.29, 0.717) is 13.2 Å². The van der Waals surface area contributed by atoms with Gasteiger partial charge in [0, 0.05) is 12.6 Å². The minimum Gasteiger partial charge on any atom is -0.466 e. The zero-order valence-corrected chi connectivity index (χ0v) is 11.3. The molecule has 0 fully saturated rings. The van der Waals surface area contributed by atoms with Gasteiger partial charge in [0.2, 0.25) is 0 Å². The fourth-order valence-electron chi connectivity index (χ4n) is 1.57. The third-order valence-electron chi connectivity index (χ3n) is 2.45. The summed E-state index contributed by atoms with van der Waals surface area (Å²) in [4.78, 5) is 22.8. The summed E-state index contributed by atoms with van der Waals surface area (Å²) in [6.45, 7) is 4.33. The van der Waals surface area contributed by atoms with Crippen molar-refractivity contribution < 1.29 is 14.3 Å². The SMILES string of the molecule is CCOC(=O)CC(C)NC(=O)NCc1ccccc1. The van der Waals surface area contributed by atoms with Crippen LogP contribution in [0.25, 0.3) is 0 Å². The summed E-state index contributed by atoms with van der Waals surface area (Å²) in [5.74, 6) is -0.307. The maximum absolute atomic E-state index is 11.6. The zero-order valence-electron chi connectivity index (χ0n) is 11.3. The van der Waals surface area contributed by atoms with Crippen LogP contribution in [-0.4, -0.2) is 24.6 Å². The van der Waals surface area contributed by atoms with Crippen molar-refractivity contribution in [1.29, 1.82) is 0 Å². The molecule has 0 aliphatic carbocycles. The van der Waals surface area contributed by atoms with Crippen LogP contribution in [0.3, 0.4) is 0 Å². The van der Waals surface area contributed by atoms with Gasteiger partial charge in [-0.1, -0.05) is 30.3 Å². The van der Waals surface area contributed by atoms with Gasteiger partial charge >= 0.3 is 12.0 Å². The predicted molar refractivity (Wildman–Crippen MR) is 72.5 cm³/mol. The smallest absolute Gasteiger partial charge is 0.315 e. The van der Waals surface area contributed by atoms with E-state index in [0.717, 1.165) is 5.56 Å². The molecule has 0 radical (unpaired) electrons. The number of urea groups is 1. The van der Waals surface area contributed by atoms with Crippen molar-refractivity contribution in [2.45, 2.75) is 32.9 Å². The van der Waals surface area contributed by atoms with E-state index < -0.39 is 0 Å². The lowest BCUT2D eigenvalue weighted by Crippen LogP contribution is -2.41. The molecule has 2 amide bonds. The topological polar surface area (TPSA) is 67.4 Å². The summed E-state index contributed by atoms with van der Waals surface area (Å²) in [6.07, 6.45) is 0.173. The molecule has 5 heteroatoms. The average Bonchev–Trinajstić information content (AvgIpc) is 2.37. The van der Waals surface area contributed by atoms with Gasteiger partial charge < -0.3 is 15.4 Å². The number of amides is 2. The van der Waals surface area contributed by atoms with Gasteiger partial charge in [0.25, 0.3) is 0 Å². The molecule has 0 heterocycles. The molecular formula is C14H20N2O3. The van der Waals surface area contributed by atoms with E-state index in [-0.39, 0.29) is 24.5 Å². The van der Waals surface area contributed by atoms with Crippen LogP contribution in [0.5, 0.6) is 0 Å². The Morgan fingerprint density at radius 1 is 1.26 bits per heavy atom. The maximum Gasteiger partial charge on any atom is 0.315 e. The Morgan fingerprint density at radius 2 is 1.95 bits per heavy atom. The first kappa shape index (κ1) is 15.0. The number of benzene rings is 1. The van der Waals surface area contributed by atoms with E-state index in [1.807, 2.05) is 30.3 Å². The van der Waals surface area contributed by atoms with Gasteiger partial charge in [-0.05, 0) is 19.4 Å². The van der Waals surface area contributed by atoms with Crippen LogP contribution >= 0.6 is 0 Å². The second kappa shape index (κ2) is 8.13. The number of hydrogen-bond acceptors (Lipinski definition) is 3. The minimum atomic E-state index is -0.307. The zero-order chi connectivity index (χ0) is 14.1. The fourth-order valence-corrected chi connectivity index (χ4v) is 1.57. The Balaban J connectivity index is 2.25. The summed E-state index contributed by atoms with van der Waals surface area (Å²) in [6, 6.07) is 9.07. The van der Waals surface area contributed by atoms with Gasteiger partial charge in [-0.25, -0.2) is 4.79 Å². The molecule has 0 saturated heterocycles. The van der Waals surface area contributed by atoms with Gasteiger partial charge in [-0.3, -0.25) is 4.79 Å². The standard InChI is InChI=1S/C14H20N2O3/c1-3-19-13(17)9-11(2)16-14(18)15-10-12-7-5-4-6-8-12/h4-8,11H,3,9-10H2,1-2H3,(H2,15,16,18). The second-order valence-electron chi connectivity index (χ2n) is 4.22. The van der Waals surface area contributed by atoms with E-state index in [1.165, 1.54) is 0 Å². The van der Waals surface area contributed by atoms with E-state index in [1.54, 1.807) is 13.8 Å². The summed E-state index contributed by atoms with van der Waals surface area (Å²) >= 11 is 0. The normalized spacial score (nSPS) is 11.5. The van der Waals surface area contributed by atoms with Gasteiger partial charge in [-0.15, -0.1) is 0 Å². The Labute approximate surface area is 113 Å². The summed E-state index contributed by atoms with van der Waals surface area (Å²) in [5.41, 5.74) is 1.02. The molecule has 0 aliphatic rings. The van der Waals surface area contributed by atoms with Crippen molar-refractivity contribution in [3.8, 4) is 0 Å². The highest BCUT2D eigenvalue weighted by Gasteiger charge is 2.12. The molecule has 1 aromatic carbocycles. The number of esters is 1. The third-order valence-corrected chi connectivity index (χ3v) is 2.45. The van der Waals surface area contributed by atoms with E-state index in [9.17, 15) is 9.59 Å². The number of ether oxygens (including phenoxy) is 1. The van der Waals surface area contributed by atoms with Gasteiger partial charge in [-0.2, -0.15) is 0 Å². The lowest BCUT2D eigenvalue weighted by Gasteiger charge is -2.13. The fraction of sp³-hybridized carbons (Fsp3) is 0.429. The summed E-state index contributed by atoms with van der Waals surface area (Å²) in [7, 11) is 0. The van der Waals surface area contributed by atoms with Crippen molar-refractivity contribution >= 4 is 12.0 Å². The van der Waals surface area contributed by atoms with Crippen LogP contribution < -0.4 is 10.6 Å². The molecule has 2 N–H and O–H groups in total. The molecule has 0 bridgehead atoms. The first-order valence-corrected chi connectivity index (χ1v) is 6.35. The molecule has 0 aromatic heterocycles. The molecule has 1 rings (SSSR count). The molecule has 0 saturated carbocycles. The van der Waals surface area contributed by atoms with Crippen LogP contribution in [0.2, 0.25) is 0 Å².